The van der Waals surface area contributed by atoms with Gasteiger partial charge in [-0.2, -0.15) is 0 Å². The van der Waals surface area contributed by atoms with Gasteiger partial charge in [-0.05, 0) is 42.5 Å². The summed E-state index contributed by atoms with van der Waals surface area (Å²) in [6.07, 6.45) is 5.98. The van der Waals surface area contributed by atoms with Crippen molar-refractivity contribution in [2.75, 3.05) is 45.6 Å². The Morgan fingerprint density at radius 3 is 2.53 bits per heavy atom. The van der Waals surface area contributed by atoms with E-state index in [9.17, 15) is 4.79 Å². The fourth-order valence-corrected chi connectivity index (χ4v) is 4.20. The molecule has 0 saturated carbocycles. The number of amides is 1. The number of pyridine rings is 1. The highest BCUT2D eigenvalue weighted by molar-refractivity contribution is 5.98. The molecule has 1 aliphatic rings. The molecule has 10 heteroatoms. The van der Waals surface area contributed by atoms with E-state index in [-0.39, 0.29) is 11.7 Å². The summed E-state index contributed by atoms with van der Waals surface area (Å²) in [5.74, 6) is 1.14. The lowest BCUT2D eigenvalue weighted by atomic mass is 10.1. The molecule has 36 heavy (non-hydrogen) atoms. The van der Waals surface area contributed by atoms with E-state index < -0.39 is 0 Å². The van der Waals surface area contributed by atoms with Gasteiger partial charge < -0.3 is 15.4 Å². The molecule has 10 nitrogen and oxygen atoms in total. The van der Waals surface area contributed by atoms with E-state index in [2.05, 4.69) is 25.0 Å². The van der Waals surface area contributed by atoms with Gasteiger partial charge in [0.15, 0.2) is 5.82 Å². The number of hydrogen-bond donors (Lipinski definition) is 1. The molecule has 1 aliphatic heterocycles. The summed E-state index contributed by atoms with van der Waals surface area (Å²) in [5.41, 5.74) is 9.22. The number of nitrogen functional groups attached to an aromatic ring is 1. The number of benzene rings is 1. The molecule has 2 N–H and O–H groups in total. The van der Waals surface area contributed by atoms with Crippen molar-refractivity contribution in [1.29, 1.82) is 0 Å². The van der Waals surface area contributed by atoms with Crippen LogP contribution in [-0.2, 0) is 6.42 Å². The first-order chi connectivity index (χ1) is 17.6. The maximum atomic E-state index is 13.2. The molecule has 0 aliphatic carbocycles. The number of carbonyl (C=O) groups is 1. The lowest BCUT2D eigenvalue weighted by molar-refractivity contribution is 0.0639. The molecule has 0 spiro atoms. The average Bonchev–Trinajstić information content (AvgIpc) is 3.34. The van der Waals surface area contributed by atoms with Crippen molar-refractivity contribution in [3.63, 3.8) is 0 Å². The van der Waals surface area contributed by atoms with Crippen LogP contribution in [0.5, 0.6) is 5.75 Å². The number of aromatic nitrogens is 5. The molecule has 3 aromatic heterocycles. The van der Waals surface area contributed by atoms with Crippen LogP contribution in [0.3, 0.4) is 0 Å². The monoisotopic (exact) mass is 484 g/mol. The van der Waals surface area contributed by atoms with Gasteiger partial charge in [-0.3, -0.25) is 14.7 Å². The number of methoxy groups -OCH3 is 1. The average molecular weight is 485 g/mol. The summed E-state index contributed by atoms with van der Waals surface area (Å²) in [6, 6.07) is 15.4. The maximum Gasteiger partial charge on any atom is 0.259 e. The lowest BCUT2D eigenvalue weighted by Gasteiger charge is -2.34. The van der Waals surface area contributed by atoms with Crippen LogP contribution in [0.1, 0.15) is 16.1 Å². The van der Waals surface area contributed by atoms with Crippen LogP contribution < -0.4 is 10.5 Å². The molecule has 5 rings (SSSR count). The van der Waals surface area contributed by atoms with Gasteiger partial charge in [-0.25, -0.2) is 14.6 Å². The molecule has 0 unspecified atom stereocenters. The Morgan fingerprint density at radius 1 is 1.00 bits per heavy atom. The lowest BCUT2D eigenvalue weighted by Crippen LogP contribution is -2.49. The van der Waals surface area contributed by atoms with E-state index in [4.69, 9.17) is 10.5 Å². The minimum atomic E-state index is -0.130. The van der Waals surface area contributed by atoms with Crippen molar-refractivity contribution in [2.45, 2.75) is 6.42 Å². The number of nitrogens with two attached hydrogens (primary N) is 1. The molecule has 184 valence electrons. The molecule has 1 saturated heterocycles. The number of hydrogen-bond acceptors (Lipinski definition) is 8. The van der Waals surface area contributed by atoms with Crippen LogP contribution in [0.4, 0.5) is 5.82 Å². The van der Waals surface area contributed by atoms with Crippen LogP contribution in [0, 0.1) is 0 Å². The van der Waals surface area contributed by atoms with Gasteiger partial charge >= 0.3 is 0 Å². The summed E-state index contributed by atoms with van der Waals surface area (Å²) < 4.78 is 6.68. The summed E-state index contributed by atoms with van der Waals surface area (Å²) in [4.78, 5) is 30.7. The number of ether oxygens (including phenoxy) is 1. The second-order valence-corrected chi connectivity index (χ2v) is 8.55. The standard InChI is InChI=1S/C26H28N8O2/c1-36-21-7-5-19(6-8-21)23-9-12-29-26(30-23)34-18-22(24(27)31-34)25(35)33-16-14-32(15-17-33)13-10-20-4-2-3-11-28-20/h2-9,11-12,18H,10,13-17H2,1H3,(H2,27,31). The summed E-state index contributed by atoms with van der Waals surface area (Å²) in [6.45, 7) is 3.80. The third kappa shape index (κ3) is 5.18. The predicted octanol–water partition coefficient (Wildman–Crippen LogP) is 2.32. The third-order valence-corrected chi connectivity index (χ3v) is 6.28. The second kappa shape index (κ2) is 10.5. The van der Waals surface area contributed by atoms with Crippen LogP contribution in [0.25, 0.3) is 17.2 Å². The zero-order chi connectivity index (χ0) is 24.9. The highest BCUT2D eigenvalue weighted by Crippen LogP contribution is 2.22. The van der Waals surface area contributed by atoms with E-state index >= 15 is 0 Å². The number of rotatable bonds is 7. The van der Waals surface area contributed by atoms with Crippen molar-refractivity contribution in [1.82, 2.24) is 34.5 Å². The van der Waals surface area contributed by atoms with Gasteiger partial charge in [0.1, 0.15) is 11.3 Å². The van der Waals surface area contributed by atoms with Crippen LogP contribution in [-0.4, -0.2) is 80.3 Å². The maximum absolute atomic E-state index is 13.2. The molecule has 1 fully saturated rings. The van der Waals surface area contributed by atoms with Crippen molar-refractivity contribution < 1.29 is 9.53 Å². The van der Waals surface area contributed by atoms with Crippen molar-refractivity contribution in [2.24, 2.45) is 0 Å². The van der Waals surface area contributed by atoms with E-state index in [0.29, 0.717) is 24.6 Å². The van der Waals surface area contributed by atoms with E-state index in [0.717, 1.165) is 48.8 Å². The predicted molar refractivity (Wildman–Crippen MR) is 136 cm³/mol. The number of carbonyl (C=O) groups excluding carboxylic acids is 1. The Bertz CT molecular complexity index is 1320. The molecule has 0 radical (unpaired) electrons. The first-order valence-electron chi connectivity index (χ1n) is 11.9. The second-order valence-electron chi connectivity index (χ2n) is 8.55. The molecule has 4 heterocycles. The highest BCUT2D eigenvalue weighted by Gasteiger charge is 2.25. The van der Waals surface area contributed by atoms with Gasteiger partial charge in [0.2, 0.25) is 0 Å². The minimum Gasteiger partial charge on any atom is -0.497 e. The highest BCUT2D eigenvalue weighted by atomic mass is 16.5. The van der Waals surface area contributed by atoms with E-state index in [1.54, 1.807) is 19.5 Å². The van der Waals surface area contributed by atoms with Crippen molar-refractivity contribution >= 4 is 11.7 Å². The first kappa shape index (κ1) is 23.4. The quantitative estimate of drug-likeness (QED) is 0.425. The third-order valence-electron chi connectivity index (χ3n) is 6.28. The summed E-state index contributed by atoms with van der Waals surface area (Å²) in [7, 11) is 1.63. The zero-order valence-electron chi connectivity index (χ0n) is 20.1. The molecule has 4 aromatic rings. The van der Waals surface area contributed by atoms with Crippen molar-refractivity contribution in [3.8, 4) is 23.0 Å². The first-order valence-corrected chi connectivity index (χ1v) is 11.9. The Labute approximate surface area is 209 Å². The largest absolute Gasteiger partial charge is 0.497 e. The Hall–Kier alpha value is -4.31. The summed E-state index contributed by atoms with van der Waals surface area (Å²) in [5, 5.41) is 4.32. The van der Waals surface area contributed by atoms with E-state index in [1.165, 1.54) is 4.68 Å². The Balaban J connectivity index is 1.24. The van der Waals surface area contributed by atoms with Gasteiger partial charge in [-0.15, -0.1) is 5.10 Å². The smallest absolute Gasteiger partial charge is 0.259 e. The van der Waals surface area contributed by atoms with Gasteiger partial charge in [-0.1, -0.05) is 6.07 Å². The van der Waals surface area contributed by atoms with Gasteiger partial charge in [0, 0.05) is 69.0 Å². The zero-order valence-corrected chi connectivity index (χ0v) is 20.1. The molecular formula is C26H28N8O2. The van der Waals surface area contributed by atoms with Crippen LogP contribution >= 0.6 is 0 Å². The number of piperazine rings is 1. The molecule has 0 atom stereocenters. The molecule has 0 bridgehead atoms. The fourth-order valence-electron chi connectivity index (χ4n) is 4.20. The van der Waals surface area contributed by atoms with Gasteiger partial charge in [0.25, 0.3) is 11.9 Å². The Kier molecular flexibility index (Phi) is 6.85. The Morgan fingerprint density at radius 2 is 1.81 bits per heavy atom. The molecule has 1 aromatic carbocycles. The summed E-state index contributed by atoms with van der Waals surface area (Å²) >= 11 is 0. The van der Waals surface area contributed by atoms with Crippen LogP contribution in [0.2, 0.25) is 0 Å². The normalized spacial score (nSPS) is 14.1. The topological polar surface area (TPSA) is 115 Å². The minimum absolute atomic E-state index is 0.130. The number of anilines is 1. The SMILES string of the molecule is COc1ccc(-c2ccnc(-n3cc(C(=O)N4CCN(CCc5ccccn5)CC4)c(N)n3)n2)cc1. The fraction of sp³-hybridized carbons (Fsp3) is 0.269. The van der Waals surface area contributed by atoms with Gasteiger partial charge in [0.05, 0.1) is 12.8 Å². The number of nitrogens with zero attached hydrogens (tertiary/aromatic N) is 7. The van der Waals surface area contributed by atoms with Crippen LogP contribution in [0.15, 0.2) is 67.1 Å². The van der Waals surface area contributed by atoms with E-state index in [1.807, 2.05) is 59.6 Å². The van der Waals surface area contributed by atoms with Crippen molar-refractivity contribution in [3.05, 3.63) is 78.4 Å². The molecule has 1 amide bonds. The molecular weight excluding hydrogens is 456 g/mol.